The second-order valence-electron chi connectivity index (χ2n) is 4.57. The molecular formula is C14H17F2NO3. The fraction of sp³-hybridized carbons (Fsp3) is 0.429. The number of carboxylic acid groups (broad SMARTS) is 1. The number of aryl methyl sites for hydroxylation is 2. The van der Waals surface area contributed by atoms with Gasteiger partial charge in [0.2, 0.25) is 12.3 Å². The number of rotatable bonds is 7. The summed E-state index contributed by atoms with van der Waals surface area (Å²) in [5, 5.41) is 10.9. The Morgan fingerprint density at radius 3 is 2.60 bits per heavy atom. The largest absolute Gasteiger partial charge is 0.480 e. The average Bonchev–Trinajstić information content (AvgIpc) is 2.35. The van der Waals surface area contributed by atoms with Gasteiger partial charge < -0.3 is 10.4 Å². The number of hydrogen-bond acceptors (Lipinski definition) is 2. The predicted molar refractivity (Wildman–Crippen MR) is 69.7 cm³/mol. The Morgan fingerprint density at radius 2 is 2.05 bits per heavy atom. The lowest BCUT2D eigenvalue weighted by atomic mass is 10.1. The molecule has 1 amide bonds. The highest BCUT2D eigenvalue weighted by atomic mass is 19.3. The molecule has 20 heavy (non-hydrogen) atoms. The first-order chi connectivity index (χ1) is 9.38. The van der Waals surface area contributed by atoms with Crippen molar-refractivity contribution in [2.24, 2.45) is 0 Å². The third-order valence-corrected chi connectivity index (χ3v) is 2.77. The number of amides is 1. The minimum Gasteiger partial charge on any atom is -0.480 e. The van der Waals surface area contributed by atoms with Crippen LogP contribution in [0.3, 0.4) is 0 Å². The quantitative estimate of drug-likeness (QED) is 0.806. The van der Waals surface area contributed by atoms with E-state index in [2.05, 4.69) is 5.32 Å². The van der Waals surface area contributed by atoms with Crippen molar-refractivity contribution in [2.75, 3.05) is 0 Å². The van der Waals surface area contributed by atoms with Crippen molar-refractivity contribution in [3.8, 4) is 0 Å². The first-order valence-corrected chi connectivity index (χ1v) is 6.24. The predicted octanol–water partition coefficient (Wildman–Crippen LogP) is 2.15. The van der Waals surface area contributed by atoms with Gasteiger partial charge >= 0.3 is 5.97 Å². The van der Waals surface area contributed by atoms with E-state index in [0.717, 1.165) is 11.1 Å². The number of carbonyl (C=O) groups excluding carboxylic acids is 1. The van der Waals surface area contributed by atoms with Crippen LogP contribution in [0.2, 0.25) is 0 Å². The van der Waals surface area contributed by atoms with E-state index in [1.165, 1.54) is 0 Å². The van der Waals surface area contributed by atoms with Gasteiger partial charge in [-0.1, -0.05) is 29.8 Å². The number of benzene rings is 1. The van der Waals surface area contributed by atoms with E-state index in [0.29, 0.717) is 6.42 Å². The van der Waals surface area contributed by atoms with Crippen LogP contribution in [0.5, 0.6) is 0 Å². The number of nitrogens with one attached hydrogen (secondary N) is 1. The van der Waals surface area contributed by atoms with Gasteiger partial charge in [0.25, 0.3) is 0 Å². The summed E-state index contributed by atoms with van der Waals surface area (Å²) in [5.74, 6) is -1.99. The minimum atomic E-state index is -2.77. The third-order valence-electron chi connectivity index (χ3n) is 2.77. The van der Waals surface area contributed by atoms with Crippen LogP contribution in [0, 0.1) is 6.92 Å². The van der Waals surface area contributed by atoms with E-state index < -0.39 is 30.8 Å². The van der Waals surface area contributed by atoms with Crippen molar-refractivity contribution in [3.63, 3.8) is 0 Å². The van der Waals surface area contributed by atoms with Gasteiger partial charge in [-0.2, -0.15) is 0 Å². The maximum absolute atomic E-state index is 12.2. The van der Waals surface area contributed by atoms with Crippen LogP contribution in [-0.4, -0.2) is 29.5 Å². The molecular weight excluding hydrogens is 268 g/mol. The van der Waals surface area contributed by atoms with Gasteiger partial charge in [0.05, 0.1) is 0 Å². The van der Waals surface area contributed by atoms with Crippen LogP contribution < -0.4 is 5.32 Å². The topological polar surface area (TPSA) is 66.4 Å². The Hall–Kier alpha value is -1.98. The molecule has 0 saturated heterocycles. The van der Waals surface area contributed by atoms with Crippen molar-refractivity contribution in [1.29, 1.82) is 0 Å². The minimum absolute atomic E-state index is 0.0659. The lowest BCUT2D eigenvalue weighted by Gasteiger charge is -2.14. The van der Waals surface area contributed by atoms with E-state index >= 15 is 0 Å². The average molecular weight is 285 g/mol. The fourth-order valence-corrected chi connectivity index (χ4v) is 1.79. The van der Waals surface area contributed by atoms with Gasteiger partial charge in [-0.25, -0.2) is 13.6 Å². The molecule has 0 bridgehead atoms. The van der Waals surface area contributed by atoms with Gasteiger partial charge in [-0.3, -0.25) is 4.79 Å². The SMILES string of the molecule is Cc1cccc(CCC(=O)NC(CC(F)F)C(=O)O)c1. The van der Waals surface area contributed by atoms with Crippen LogP contribution in [0.25, 0.3) is 0 Å². The molecule has 0 radical (unpaired) electrons. The molecule has 0 aliphatic heterocycles. The summed E-state index contributed by atoms with van der Waals surface area (Å²) < 4.78 is 24.4. The number of halogens is 2. The van der Waals surface area contributed by atoms with Crippen LogP contribution in [-0.2, 0) is 16.0 Å². The van der Waals surface area contributed by atoms with Crippen LogP contribution in [0.4, 0.5) is 8.78 Å². The zero-order valence-corrected chi connectivity index (χ0v) is 11.1. The Balaban J connectivity index is 2.47. The van der Waals surface area contributed by atoms with Crippen molar-refractivity contribution < 1.29 is 23.5 Å². The summed E-state index contributed by atoms with van der Waals surface area (Å²) in [6, 6.07) is 6.02. The van der Waals surface area contributed by atoms with Crippen molar-refractivity contribution in [2.45, 2.75) is 38.7 Å². The Bertz CT molecular complexity index is 477. The number of aliphatic carboxylic acids is 1. The molecule has 0 aromatic heterocycles. The molecule has 1 unspecified atom stereocenters. The molecule has 0 fully saturated rings. The molecule has 0 spiro atoms. The molecule has 1 aromatic carbocycles. The van der Waals surface area contributed by atoms with E-state index in [1.807, 2.05) is 31.2 Å². The molecule has 4 nitrogen and oxygen atoms in total. The molecule has 1 rings (SSSR count). The molecule has 110 valence electrons. The van der Waals surface area contributed by atoms with Crippen LogP contribution in [0.15, 0.2) is 24.3 Å². The van der Waals surface area contributed by atoms with E-state index in [1.54, 1.807) is 0 Å². The van der Waals surface area contributed by atoms with E-state index in [9.17, 15) is 18.4 Å². The first-order valence-electron chi connectivity index (χ1n) is 6.24. The maximum atomic E-state index is 12.2. The lowest BCUT2D eigenvalue weighted by molar-refractivity contribution is -0.143. The molecule has 1 atom stereocenters. The van der Waals surface area contributed by atoms with Crippen molar-refractivity contribution >= 4 is 11.9 Å². The molecule has 0 saturated carbocycles. The monoisotopic (exact) mass is 285 g/mol. The highest BCUT2D eigenvalue weighted by molar-refractivity contribution is 5.83. The Kier molecular flexibility index (Phi) is 6.09. The lowest BCUT2D eigenvalue weighted by Crippen LogP contribution is -2.42. The number of alkyl halides is 2. The first kappa shape index (κ1) is 16.1. The molecule has 0 heterocycles. The van der Waals surface area contributed by atoms with Crippen molar-refractivity contribution in [1.82, 2.24) is 5.32 Å². The summed E-state index contributed by atoms with van der Waals surface area (Å²) in [6.45, 7) is 1.92. The van der Waals surface area contributed by atoms with Crippen molar-refractivity contribution in [3.05, 3.63) is 35.4 Å². The number of carbonyl (C=O) groups is 2. The van der Waals surface area contributed by atoms with Gasteiger partial charge in [0.15, 0.2) is 0 Å². The highest BCUT2D eigenvalue weighted by Crippen LogP contribution is 2.08. The normalized spacial score (nSPS) is 12.2. The summed E-state index contributed by atoms with van der Waals surface area (Å²) in [7, 11) is 0. The smallest absolute Gasteiger partial charge is 0.326 e. The summed E-state index contributed by atoms with van der Waals surface area (Å²) in [6.07, 6.45) is -3.15. The fourth-order valence-electron chi connectivity index (χ4n) is 1.79. The van der Waals surface area contributed by atoms with Gasteiger partial charge in [-0.05, 0) is 18.9 Å². The second kappa shape index (κ2) is 7.57. The van der Waals surface area contributed by atoms with E-state index in [-0.39, 0.29) is 6.42 Å². The third kappa shape index (κ3) is 5.77. The highest BCUT2D eigenvalue weighted by Gasteiger charge is 2.23. The van der Waals surface area contributed by atoms with E-state index in [4.69, 9.17) is 5.11 Å². The molecule has 0 aliphatic rings. The number of hydrogen-bond donors (Lipinski definition) is 2. The van der Waals surface area contributed by atoms with Crippen LogP contribution >= 0.6 is 0 Å². The Morgan fingerprint density at radius 1 is 1.35 bits per heavy atom. The molecule has 1 aromatic rings. The molecule has 0 aliphatic carbocycles. The van der Waals surface area contributed by atoms with Gasteiger partial charge in [0, 0.05) is 12.8 Å². The second-order valence-corrected chi connectivity index (χ2v) is 4.57. The Labute approximate surface area is 115 Å². The molecule has 6 heteroatoms. The zero-order valence-electron chi connectivity index (χ0n) is 11.1. The molecule has 2 N–H and O–H groups in total. The zero-order chi connectivity index (χ0) is 15.1. The summed E-state index contributed by atoms with van der Waals surface area (Å²) in [5.41, 5.74) is 2.00. The summed E-state index contributed by atoms with van der Waals surface area (Å²) in [4.78, 5) is 22.3. The van der Waals surface area contributed by atoms with Gasteiger partial charge in [0.1, 0.15) is 6.04 Å². The van der Waals surface area contributed by atoms with Crippen LogP contribution in [0.1, 0.15) is 24.0 Å². The maximum Gasteiger partial charge on any atom is 0.326 e. The number of carboxylic acids is 1. The van der Waals surface area contributed by atoms with Gasteiger partial charge in [-0.15, -0.1) is 0 Å². The summed E-state index contributed by atoms with van der Waals surface area (Å²) >= 11 is 0. The standard InChI is InChI=1S/C14H17F2NO3/c1-9-3-2-4-10(7-9)5-6-13(18)17-11(14(19)20)8-12(15)16/h2-4,7,11-12H,5-6,8H2,1H3,(H,17,18)(H,19,20).